The van der Waals surface area contributed by atoms with Gasteiger partial charge in [-0.05, 0) is 58.0 Å². The number of rotatable bonds is 9. The van der Waals surface area contributed by atoms with E-state index in [0.717, 1.165) is 50.9 Å². The molecule has 1 aliphatic rings. The lowest BCUT2D eigenvalue weighted by molar-refractivity contribution is 0.122. The Morgan fingerprint density at radius 3 is 2.38 bits per heavy atom. The fourth-order valence-electron chi connectivity index (χ4n) is 3.65. The van der Waals surface area contributed by atoms with Crippen molar-refractivity contribution in [2.24, 2.45) is 0 Å². The smallest absolute Gasteiger partial charge is 0.229 e. The quantitative estimate of drug-likeness (QED) is 0.669. The molecule has 2 heterocycles. The second-order valence-electron chi connectivity index (χ2n) is 7.89. The first-order chi connectivity index (χ1) is 14.0. The standard InChI is InChI=1S/C22H34N6O/c1-17(2)28(18(3)4)12-11-23-21-9-10-24-22(26-21)25-19-5-7-20(8-6-19)27-13-15-29-16-14-27/h5-10,17-18H,11-16H2,1-4H3,(H2,23,24,25,26). The van der Waals surface area contributed by atoms with Crippen LogP contribution in [0.3, 0.4) is 0 Å². The molecule has 2 N–H and O–H groups in total. The summed E-state index contributed by atoms with van der Waals surface area (Å²) in [7, 11) is 0. The highest BCUT2D eigenvalue weighted by Crippen LogP contribution is 2.21. The van der Waals surface area contributed by atoms with E-state index in [0.29, 0.717) is 18.0 Å². The van der Waals surface area contributed by atoms with Crippen molar-refractivity contribution < 1.29 is 4.74 Å². The molecule has 1 aliphatic heterocycles. The molecule has 0 spiro atoms. The number of nitrogens with zero attached hydrogens (tertiary/aromatic N) is 4. The predicted octanol–water partition coefficient (Wildman–Crippen LogP) is 3.59. The van der Waals surface area contributed by atoms with E-state index >= 15 is 0 Å². The first-order valence-corrected chi connectivity index (χ1v) is 10.6. The molecule has 1 aromatic heterocycles. The molecule has 1 saturated heterocycles. The average molecular weight is 399 g/mol. The average Bonchev–Trinajstić information content (AvgIpc) is 2.72. The molecular formula is C22H34N6O. The number of hydrogen-bond donors (Lipinski definition) is 2. The summed E-state index contributed by atoms with van der Waals surface area (Å²) in [5.41, 5.74) is 2.19. The minimum atomic E-state index is 0.528. The summed E-state index contributed by atoms with van der Waals surface area (Å²) < 4.78 is 5.42. The molecule has 7 nitrogen and oxygen atoms in total. The maximum absolute atomic E-state index is 5.42. The Morgan fingerprint density at radius 1 is 1.03 bits per heavy atom. The molecule has 7 heteroatoms. The first-order valence-electron chi connectivity index (χ1n) is 10.6. The Hall–Kier alpha value is -2.38. The molecule has 3 rings (SSSR count). The maximum atomic E-state index is 5.42. The Kier molecular flexibility index (Phi) is 7.66. The number of benzene rings is 1. The number of aromatic nitrogens is 2. The van der Waals surface area contributed by atoms with Gasteiger partial charge < -0.3 is 20.3 Å². The fourth-order valence-corrected chi connectivity index (χ4v) is 3.65. The molecule has 1 aromatic carbocycles. The molecule has 0 unspecified atom stereocenters. The summed E-state index contributed by atoms with van der Waals surface area (Å²) in [6.45, 7) is 14.2. The Balaban J connectivity index is 1.54. The topological polar surface area (TPSA) is 65.5 Å². The van der Waals surface area contributed by atoms with Crippen molar-refractivity contribution in [3.05, 3.63) is 36.5 Å². The van der Waals surface area contributed by atoms with E-state index in [-0.39, 0.29) is 0 Å². The van der Waals surface area contributed by atoms with Crippen molar-refractivity contribution in [3.8, 4) is 0 Å². The normalized spacial score (nSPS) is 14.7. The van der Waals surface area contributed by atoms with Gasteiger partial charge in [-0.3, -0.25) is 4.90 Å². The van der Waals surface area contributed by atoms with Gasteiger partial charge in [-0.1, -0.05) is 0 Å². The van der Waals surface area contributed by atoms with Crippen LogP contribution in [-0.2, 0) is 4.74 Å². The van der Waals surface area contributed by atoms with Crippen LogP contribution < -0.4 is 15.5 Å². The third-order valence-electron chi connectivity index (χ3n) is 5.16. The summed E-state index contributed by atoms with van der Waals surface area (Å²) in [4.78, 5) is 13.7. The zero-order valence-corrected chi connectivity index (χ0v) is 18.1. The monoisotopic (exact) mass is 398 g/mol. The molecule has 2 aromatic rings. The van der Waals surface area contributed by atoms with Gasteiger partial charge in [-0.15, -0.1) is 0 Å². The molecule has 1 fully saturated rings. The molecule has 29 heavy (non-hydrogen) atoms. The van der Waals surface area contributed by atoms with Gasteiger partial charge in [0.25, 0.3) is 0 Å². The van der Waals surface area contributed by atoms with Crippen molar-refractivity contribution in [2.75, 3.05) is 54.9 Å². The van der Waals surface area contributed by atoms with E-state index in [2.05, 4.69) is 82.4 Å². The van der Waals surface area contributed by atoms with Crippen LogP contribution in [0, 0.1) is 0 Å². The van der Waals surface area contributed by atoms with Crippen LogP contribution in [0.1, 0.15) is 27.7 Å². The molecule has 0 bridgehead atoms. The Labute approximate surface area is 174 Å². The van der Waals surface area contributed by atoms with Crippen molar-refractivity contribution in [3.63, 3.8) is 0 Å². The van der Waals surface area contributed by atoms with Crippen LogP contribution in [0.5, 0.6) is 0 Å². The summed E-state index contributed by atoms with van der Waals surface area (Å²) >= 11 is 0. The SMILES string of the molecule is CC(C)N(CCNc1ccnc(Nc2ccc(N3CCOCC3)cc2)n1)C(C)C. The van der Waals surface area contributed by atoms with Crippen LogP contribution in [0.4, 0.5) is 23.1 Å². The molecule has 0 radical (unpaired) electrons. The van der Waals surface area contributed by atoms with Crippen molar-refractivity contribution >= 4 is 23.1 Å². The van der Waals surface area contributed by atoms with E-state index in [1.807, 2.05) is 6.07 Å². The zero-order valence-electron chi connectivity index (χ0n) is 18.1. The highest BCUT2D eigenvalue weighted by molar-refractivity contribution is 5.60. The van der Waals surface area contributed by atoms with Crippen LogP contribution in [-0.4, -0.2) is 66.3 Å². The second kappa shape index (κ2) is 10.4. The Morgan fingerprint density at radius 2 is 1.72 bits per heavy atom. The van der Waals surface area contributed by atoms with Gasteiger partial charge in [0.1, 0.15) is 5.82 Å². The van der Waals surface area contributed by atoms with Crippen LogP contribution in [0.15, 0.2) is 36.5 Å². The number of morpholine rings is 1. The van der Waals surface area contributed by atoms with Gasteiger partial charge in [-0.25, -0.2) is 4.98 Å². The van der Waals surface area contributed by atoms with E-state index < -0.39 is 0 Å². The second-order valence-corrected chi connectivity index (χ2v) is 7.89. The lowest BCUT2D eigenvalue weighted by atomic mass is 10.2. The molecular weight excluding hydrogens is 364 g/mol. The number of nitrogens with one attached hydrogen (secondary N) is 2. The van der Waals surface area contributed by atoms with E-state index in [4.69, 9.17) is 4.74 Å². The van der Waals surface area contributed by atoms with Crippen molar-refractivity contribution in [1.29, 1.82) is 0 Å². The van der Waals surface area contributed by atoms with Gasteiger partial charge in [0, 0.05) is 55.8 Å². The van der Waals surface area contributed by atoms with E-state index in [1.54, 1.807) is 6.20 Å². The summed E-state index contributed by atoms with van der Waals surface area (Å²) in [5, 5.41) is 6.71. The van der Waals surface area contributed by atoms with E-state index in [9.17, 15) is 0 Å². The molecule has 158 valence electrons. The van der Waals surface area contributed by atoms with Crippen molar-refractivity contribution in [2.45, 2.75) is 39.8 Å². The van der Waals surface area contributed by atoms with Gasteiger partial charge in [-0.2, -0.15) is 4.98 Å². The minimum absolute atomic E-state index is 0.528. The fraction of sp³-hybridized carbons (Fsp3) is 0.545. The Bertz CT molecular complexity index is 735. The number of hydrogen-bond acceptors (Lipinski definition) is 7. The van der Waals surface area contributed by atoms with Crippen molar-refractivity contribution in [1.82, 2.24) is 14.9 Å². The predicted molar refractivity (Wildman–Crippen MR) is 120 cm³/mol. The van der Waals surface area contributed by atoms with Crippen LogP contribution in [0.25, 0.3) is 0 Å². The lowest BCUT2D eigenvalue weighted by Gasteiger charge is -2.30. The highest BCUT2D eigenvalue weighted by atomic mass is 16.5. The van der Waals surface area contributed by atoms with Gasteiger partial charge in [0.2, 0.25) is 5.95 Å². The minimum Gasteiger partial charge on any atom is -0.378 e. The maximum Gasteiger partial charge on any atom is 0.229 e. The highest BCUT2D eigenvalue weighted by Gasteiger charge is 2.13. The molecule has 0 saturated carbocycles. The van der Waals surface area contributed by atoms with Crippen LogP contribution in [0.2, 0.25) is 0 Å². The largest absolute Gasteiger partial charge is 0.378 e. The van der Waals surface area contributed by atoms with Gasteiger partial charge in [0.15, 0.2) is 0 Å². The van der Waals surface area contributed by atoms with E-state index in [1.165, 1.54) is 5.69 Å². The van der Waals surface area contributed by atoms with Crippen LogP contribution >= 0.6 is 0 Å². The molecule has 0 aliphatic carbocycles. The number of anilines is 4. The summed E-state index contributed by atoms with van der Waals surface area (Å²) in [6.07, 6.45) is 1.78. The van der Waals surface area contributed by atoms with Gasteiger partial charge >= 0.3 is 0 Å². The number of ether oxygens (including phenoxy) is 1. The summed E-state index contributed by atoms with van der Waals surface area (Å²) in [6, 6.07) is 11.3. The zero-order chi connectivity index (χ0) is 20.6. The van der Waals surface area contributed by atoms with Gasteiger partial charge in [0.05, 0.1) is 13.2 Å². The third kappa shape index (κ3) is 6.30. The first kappa shape index (κ1) is 21.3. The lowest BCUT2D eigenvalue weighted by Crippen LogP contribution is -2.40. The molecule has 0 amide bonds. The summed E-state index contributed by atoms with van der Waals surface area (Å²) in [5.74, 6) is 1.43. The third-order valence-corrected chi connectivity index (χ3v) is 5.16. The molecule has 0 atom stereocenters.